The van der Waals surface area contributed by atoms with E-state index in [4.69, 9.17) is 14.2 Å². The maximum atomic E-state index is 13.7. The molecule has 1 aliphatic rings. The normalized spacial score (nSPS) is 13.4. The highest BCUT2D eigenvalue weighted by atomic mass is 19.4. The third-order valence-corrected chi connectivity index (χ3v) is 8.62. The molecule has 0 unspecified atom stereocenters. The number of ether oxygens (including phenoxy) is 3. The number of alkyl halides is 3. The first kappa shape index (κ1) is 39.9. The lowest BCUT2D eigenvalue weighted by Crippen LogP contribution is -2.41. The van der Waals surface area contributed by atoms with Crippen LogP contribution in [-0.2, 0) is 22.2 Å². The predicted molar refractivity (Wildman–Crippen MR) is 197 cm³/mol. The molecule has 2 N–H and O–H groups in total. The summed E-state index contributed by atoms with van der Waals surface area (Å²) in [6.45, 7) is 8.52. The topological polar surface area (TPSA) is 122 Å². The molecular formula is C40H44F3N5O6. The molecule has 1 saturated heterocycles. The zero-order valence-electron chi connectivity index (χ0n) is 30.4. The maximum Gasteiger partial charge on any atom is 0.416 e. The van der Waals surface area contributed by atoms with Gasteiger partial charge in [-0.15, -0.1) is 0 Å². The van der Waals surface area contributed by atoms with Crippen LogP contribution in [0, 0.1) is 0 Å². The first-order chi connectivity index (χ1) is 25.9. The molecular weight excluding hydrogens is 703 g/mol. The molecule has 5 rings (SSSR count). The fourth-order valence-corrected chi connectivity index (χ4v) is 5.66. The smallest absolute Gasteiger partial charge is 0.416 e. The highest BCUT2D eigenvalue weighted by molar-refractivity contribution is 6.08. The number of pyridine rings is 1. The molecule has 2 heterocycles. The summed E-state index contributed by atoms with van der Waals surface area (Å²) in [6, 6.07) is 19.2. The molecule has 14 heteroatoms. The van der Waals surface area contributed by atoms with Crippen molar-refractivity contribution in [3.63, 3.8) is 0 Å². The Morgan fingerprint density at radius 3 is 2.41 bits per heavy atom. The standard InChI is InChI=1S/C40H44F3N5O6/c1-27(2)53-20-21-54-33-10-11-35(46-38(50)29-7-5-8-31(23-29)39(51)47(3)14-15-48-16-18-52-19-17-48)34(25-33)36-24-30(12-13-44-36)37(49)45-26-28-6-4-9-32(22-28)40(41,42)43/h4-13,22-25,27H,14-21,26H2,1-3H3,(H,45,49)(H,46,50). The highest BCUT2D eigenvalue weighted by Gasteiger charge is 2.30. The largest absolute Gasteiger partial charge is 0.491 e. The first-order valence-electron chi connectivity index (χ1n) is 17.6. The second-order valence-electron chi connectivity index (χ2n) is 13.0. The molecule has 0 aliphatic carbocycles. The Bertz CT molecular complexity index is 1920. The van der Waals surface area contributed by atoms with E-state index in [1.165, 1.54) is 30.5 Å². The summed E-state index contributed by atoms with van der Waals surface area (Å²) in [7, 11) is 1.73. The van der Waals surface area contributed by atoms with Crippen molar-refractivity contribution in [3.8, 4) is 17.0 Å². The number of rotatable bonds is 15. The molecule has 4 aromatic rings. The van der Waals surface area contributed by atoms with Crippen LogP contribution < -0.4 is 15.4 Å². The molecule has 0 radical (unpaired) electrons. The van der Waals surface area contributed by atoms with Gasteiger partial charge in [-0.1, -0.05) is 18.2 Å². The van der Waals surface area contributed by atoms with E-state index < -0.39 is 23.6 Å². The molecule has 1 aromatic heterocycles. The van der Waals surface area contributed by atoms with Gasteiger partial charge in [0.15, 0.2) is 0 Å². The monoisotopic (exact) mass is 747 g/mol. The maximum absolute atomic E-state index is 13.7. The number of nitrogens with zero attached hydrogens (tertiary/aromatic N) is 3. The van der Waals surface area contributed by atoms with Crippen molar-refractivity contribution < 1.29 is 41.8 Å². The average Bonchev–Trinajstić information content (AvgIpc) is 3.18. The van der Waals surface area contributed by atoms with Crippen molar-refractivity contribution in [2.75, 3.05) is 65.0 Å². The van der Waals surface area contributed by atoms with Crippen LogP contribution in [0.3, 0.4) is 0 Å². The number of hydrogen-bond acceptors (Lipinski definition) is 8. The second-order valence-corrected chi connectivity index (χ2v) is 13.0. The van der Waals surface area contributed by atoms with Crippen LogP contribution in [0.4, 0.5) is 18.9 Å². The summed E-state index contributed by atoms with van der Waals surface area (Å²) in [6.07, 6.45) is -3.06. The third kappa shape index (κ3) is 11.3. The molecule has 3 aromatic carbocycles. The lowest BCUT2D eigenvalue weighted by molar-refractivity contribution is -0.137. The van der Waals surface area contributed by atoms with Crippen LogP contribution in [0.25, 0.3) is 11.3 Å². The van der Waals surface area contributed by atoms with Crippen molar-refractivity contribution >= 4 is 23.4 Å². The summed E-state index contributed by atoms with van der Waals surface area (Å²) in [5.41, 5.74) is 1.43. The van der Waals surface area contributed by atoms with E-state index in [1.54, 1.807) is 54.4 Å². The SMILES string of the molecule is CC(C)OCCOc1ccc(NC(=O)c2cccc(C(=O)N(C)CCN3CCOCC3)c2)c(-c2cc(C(=O)NCc3cccc(C(F)(F)F)c3)ccn2)c1. The van der Waals surface area contributed by atoms with Gasteiger partial charge in [0.05, 0.1) is 42.9 Å². The molecule has 0 spiro atoms. The van der Waals surface area contributed by atoms with E-state index in [9.17, 15) is 27.6 Å². The predicted octanol–water partition coefficient (Wildman–Crippen LogP) is 6.16. The number of amides is 3. The number of anilines is 1. The fraction of sp³-hybridized carbons (Fsp3) is 0.350. The Hall–Kier alpha value is -5.31. The van der Waals surface area contributed by atoms with E-state index in [0.29, 0.717) is 61.2 Å². The fourth-order valence-electron chi connectivity index (χ4n) is 5.66. The number of benzene rings is 3. The van der Waals surface area contributed by atoms with E-state index >= 15 is 0 Å². The number of morpholine rings is 1. The molecule has 54 heavy (non-hydrogen) atoms. The number of halogens is 3. The van der Waals surface area contributed by atoms with Gasteiger partial charge >= 0.3 is 6.18 Å². The van der Waals surface area contributed by atoms with Crippen LogP contribution >= 0.6 is 0 Å². The van der Waals surface area contributed by atoms with Crippen LogP contribution in [0.15, 0.2) is 85.1 Å². The summed E-state index contributed by atoms with van der Waals surface area (Å²) in [5, 5.41) is 5.58. The average molecular weight is 748 g/mol. The number of carbonyl (C=O) groups is 3. The Balaban J connectivity index is 1.33. The summed E-state index contributed by atoms with van der Waals surface area (Å²) >= 11 is 0. The van der Waals surface area contributed by atoms with Gasteiger partial charge in [0, 0.05) is 68.2 Å². The van der Waals surface area contributed by atoms with Gasteiger partial charge < -0.3 is 29.7 Å². The third-order valence-electron chi connectivity index (χ3n) is 8.62. The van der Waals surface area contributed by atoms with Gasteiger partial charge in [0.1, 0.15) is 12.4 Å². The molecule has 0 saturated carbocycles. The summed E-state index contributed by atoms with van der Waals surface area (Å²) < 4.78 is 56.5. The Morgan fingerprint density at radius 1 is 0.907 bits per heavy atom. The number of aromatic nitrogens is 1. The van der Waals surface area contributed by atoms with Gasteiger partial charge in [-0.2, -0.15) is 13.2 Å². The van der Waals surface area contributed by atoms with Crippen molar-refractivity contribution in [1.29, 1.82) is 0 Å². The Labute approximate surface area is 312 Å². The quantitative estimate of drug-likeness (QED) is 0.139. The van der Waals surface area contributed by atoms with Gasteiger partial charge in [-0.3, -0.25) is 24.3 Å². The van der Waals surface area contributed by atoms with Crippen LogP contribution in [-0.4, -0.2) is 98.3 Å². The highest BCUT2D eigenvalue weighted by Crippen LogP contribution is 2.32. The van der Waals surface area contributed by atoms with Crippen LogP contribution in [0.1, 0.15) is 56.0 Å². The number of carbonyl (C=O) groups excluding carboxylic acids is 3. The first-order valence-corrected chi connectivity index (χ1v) is 17.6. The molecule has 1 fully saturated rings. The van der Waals surface area contributed by atoms with Gasteiger partial charge in [-0.25, -0.2) is 0 Å². The number of likely N-dealkylation sites (N-methyl/N-ethyl adjacent to an activating group) is 1. The summed E-state index contributed by atoms with van der Waals surface area (Å²) in [4.78, 5) is 48.4. The zero-order valence-corrected chi connectivity index (χ0v) is 30.4. The molecule has 1 aliphatic heterocycles. The molecule has 0 atom stereocenters. The molecule has 0 bridgehead atoms. The van der Waals surface area contributed by atoms with Crippen LogP contribution in [0.2, 0.25) is 0 Å². The van der Waals surface area contributed by atoms with E-state index in [-0.39, 0.29) is 41.9 Å². The van der Waals surface area contributed by atoms with Crippen molar-refractivity contribution in [1.82, 2.24) is 20.1 Å². The minimum absolute atomic E-state index is 0.0257. The summed E-state index contributed by atoms with van der Waals surface area (Å²) in [5.74, 6) is -0.759. The number of nitrogens with one attached hydrogen (secondary N) is 2. The van der Waals surface area contributed by atoms with Crippen molar-refractivity contribution in [2.45, 2.75) is 32.7 Å². The number of hydrogen-bond donors (Lipinski definition) is 2. The lowest BCUT2D eigenvalue weighted by Gasteiger charge is -2.28. The van der Waals surface area contributed by atoms with Gasteiger partial charge in [0.2, 0.25) is 0 Å². The minimum Gasteiger partial charge on any atom is -0.491 e. The van der Waals surface area contributed by atoms with E-state index in [0.717, 1.165) is 25.2 Å². The van der Waals surface area contributed by atoms with Crippen LogP contribution in [0.5, 0.6) is 5.75 Å². The minimum atomic E-state index is -4.51. The lowest BCUT2D eigenvalue weighted by atomic mass is 10.0. The van der Waals surface area contributed by atoms with Crippen molar-refractivity contribution in [3.05, 3.63) is 113 Å². The van der Waals surface area contributed by atoms with E-state index in [2.05, 4.69) is 20.5 Å². The Morgan fingerprint density at radius 2 is 1.65 bits per heavy atom. The molecule has 286 valence electrons. The molecule has 3 amide bonds. The zero-order chi connectivity index (χ0) is 38.7. The van der Waals surface area contributed by atoms with Crippen molar-refractivity contribution in [2.24, 2.45) is 0 Å². The second kappa shape index (κ2) is 18.6. The van der Waals surface area contributed by atoms with E-state index in [1.807, 2.05) is 13.8 Å². The van der Waals surface area contributed by atoms with Gasteiger partial charge in [0.25, 0.3) is 17.7 Å². The van der Waals surface area contributed by atoms with Gasteiger partial charge in [-0.05, 0) is 80.1 Å². The molecule has 11 nitrogen and oxygen atoms in total. The Kier molecular flexibility index (Phi) is 13.8.